The molecule has 0 saturated carbocycles. The monoisotopic (exact) mass is 457 g/mol. The molecule has 0 radical (unpaired) electrons. The molecule has 11 heteroatoms. The van der Waals surface area contributed by atoms with Crippen molar-refractivity contribution in [2.75, 3.05) is 17.7 Å². The number of hydrogen-bond acceptors (Lipinski definition) is 8. The van der Waals surface area contributed by atoms with Crippen LogP contribution in [0, 0.1) is 0 Å². The van der Waals surface area contributed by atoms with Gasteiger partial charge in [0, 0.05) is 12.1 Å². The summed E-state index contributed by atoms with van der Waals surface area (Å²) in [7, 11) is 1.25. The van der Waals surface area contributed by atoms with E-state index in [1.54, 1.807) is 39.0 Å². The van der Waals surface area contributed by atoms with Gasteiger partial charge in [-0.2, -0.15) is 0 Å². The first-order valence-electron chi connectivity index (χ1n) is 10.4. The van der Waals surface area contributed by atoms with Crippen LogP contribution < -0.4 is 16.0 Å². The Labute approximate surface area is 190 Å². The third kappa shape index (κ3) is 6.79. The van der Waals surface area contributed by atoms with E-state index in [0.29, 0.717) is 29.8 Å². The molecule has 0 aliphatic carbocycles. The number of anilines is 2. The van der Waals surface area contributed by atoms with Crippen LogP contribution in [0.25, 0.3) is 11.5 Å². The number of carbonyl (C=O) groups excluding carboxylic acids is 3. The van der Waals surface area contributed by atoms with Crippen molar-refractivity contribution in [3.8, 4) is 11.5 Å². The lowest BCUT2D eigenvalue weighted by molar-refractivity contribution is -0.116. The number of carbonyl (C=O) groups is 3. The van der Waals surface area contributed by atoms with Crippen LogP contribution in [0.2, 0.25) is 0 Å². The Morgan fingerprint density at radius 2 is 1.97 bits per heavy atom. The number of methoxy groups -OCH3 is 1. The molecule has 11 nitrogen and oxygen atoms in total. The van der Waals surface area contributed by atoms with E-state index < -0.39 is 23.8 Å². The van der Waals surface area contributed by atoms with Gasteiger partial charge in [0.05, 0.1) is 18.4 Å². The van der Waals surface area contributed by atoms with Crippen molar-refractivity contribution in [1.29, 1.82) is 0 Å². The summed E-state index contributed by atoms with van der Waals surface area (Å²) in [5, 5.41) is 16.3. The second kappa shape index (κ2) is 10.2. The Morgan fingerprint density at radius 1 is 1.18 bits per heavy atom. The van der Waals surface area contributed by atoms with E-state index in [0.717, 1.165) is 0 Å². The van der Waals surface area contributed by atoms with E-state index in [4.69, 9.17) is 9.15 Å². The minimum atomic E-state index is -0.663. The van der Waals surface area contributed by atoms with Gasteiger partial charge in [0.15, 0.2) is 0 Å². The Hall–Kier alpha value is -3.89. The molecule has 3 rings (SSSR count). The van der Waals surface area contributed by atoms with Crippen LogP contribution in [0.4, 0.5) is 21.0 Å². The van der Waals surface area contributed by atoms with Gasteiger partial charge in [-0.25, -0.2) is 9.59 Å². The van der Waals surface area contributed by atoms with Crippen molar-refractivity contribution < 1.29 is 28.3 Å². The maximum Gasteiger partial charge on any atom is 0.411 e. The summed E-state index contributed by atoms with van der Waals surface area (Å²) in [6.07, 6.45) is 3.53. The van der Waals surface area contributed by atoms with Gasteiger partial charge in [0.2, 0.25) is 17.7 Å². The maximum absolute atomic E-state index is 12.4. The van der Waals surface area contributed by atoms with Crippen molar-refractivity contribution in [3.05, 3.63) is 36.2 Å². The summed E-state index contributed by atoms with van der Waals surface area (Å²) in [4.78, 5) is 36.3. The van der Waals surface area contributed by atoms with Crippen LogP contribution in [0.3, 0.4) is 0 Å². The second-order valence-corrected chi connectivity index (χ2v) is 8.32. The molecule has 2 bridgehead atoms. The highest BCUT2D eigenvalue weighted by atomic mass is 16.6. The molecule has 176 valence electrons. The highest BCUT2D eigenvalue weighted by Crippen LogP contribution is 2.32. The minimum Gasteiger partial charge on any atom is -0.453 e. The molecule has 3 amide bonds. The SMILES string of the molecule is COC(=O)Nc1ccc2c(c1)NC(=O)CC/C=C/C[C@H](NC(=O)OC(C)(C)C)c1nnc-2o1. The van der Waals surface area contributed by atoms with Crippen LogP contribution in [0.5, 0.6) is 0 Å². The number of allylic oxidation sites excluding steroid dienone is 1. The lowest BCUT2D eigenvalue weighted by atomic mass is 10.1. The molecule has 2 heterocycles. The molecule has 0 spiro atoms. The first-order valence-corrected chi connectivity index (χ1v) is 10.4. The summed E-state index contributed by atoms with van der Waals surface area (Å²) in [5.41, 5.74) is 0.587. The Bertz CT molecular complexity index is 1060. The maximum atomic E-state index is 12.4. The molecule has 1 aromatic heterocycles. The van der Waals surface area contributed by atoms with Gasteiger partial charge >= 0.3 is 12.2 Å². The van der Waals surface area contributed by atoms with Crippen LogP contribution >= 0.6 is 0 Å². The van der Waals surface area contributed by atoms with E-state index >= 15 is 0 Å². The van der Waals surface area contributed by atoms with Crippen molar-refractivity contribution in [1.82, 2.24) is 15.5 Å². The van der Waals surface area contributed by atoms with Crippen molar-refractivity contribution in [3.63, 3.8) is 0 Å². The van der Waals surface area contributed by atoms with E-state index in [-0.39, 0.29) is 24.1 Å². The highest BCUT2D eigenvalue weighted by molar-refractivity contribution is 5.96. The van der Waals surface area contributed by atoms with E-state index in [9.17, 15) is 14.4 Å². The van der Waals surface area contributed by atoms with Gasteiger partial charge in [-0.1, -0.05) is 12.2 Å². The van der Waals surface area contributed by atoms with E-state index in [1.165, 1.54) is 7.11 Å². The Kier molecular flexibility index (Phi) is 7.31. The van der Waals surface area contributed by atoms with Crippen molar-refractivity contribution >= 4 is 29.5 Å². The Balaban J connectivity index is 1.95. The normalized spacial score (nSPS) is 17.2. The number of ether oxygens (including phenoxy) is 2. The lowest BCUT2D eigenvalue weighted by Gasteiger charge is -2.21. The summed E-state index contributed by atoms with van der Waals surface area (Å²) in [5.74, 6) is 0.108. The molecule has 2 aromatic rings. The summed E-state index contributed by atoms with van der Waals surface area (Å²) in [6, 6.07) is 4.19. The number of nitrogens with one attached hydrogen (secondary N) is 3. The molecule has 0 fully saturated rings. The van der Waals surface area contributed by atoms with E-state index in [1.807, 2.05) is 12.2 Å². The highest BCUT2D eigenvalue weighted by Gasteiger charge is 2.25. The molecule has 1 atom stereocenters. The molecule has 1 aliphatic heterocycles. The average Bonchev–Trinajstić information content (AvgIpc) is 3.21. The molecular weight excluding hydrogens is 430 g/mol. The first-order chi connectivity index (χ1) is 15.6. The largest absolute Gasteiger partial charge is 0.453 e. The predicted molar refractivity (Wildman–Crippen MR) is 119 cm³/mol. The van der Waals surface area contributed by atoms with Gasteiger partial charge in [-0.15, -0.1) is 10.2 Å². The quantitative estimate of drug-likeness (QED) is 0.570. The summed E-state index contributed by atoms with van der Waals surface area (Å²) >= 11 is 0. The first kappa shape index (κ1) is 23.8. The summed E-state index contributed by atoms with van der Waals surface area (Å²) in [6.45, 7) is 5.31. The lowest BCUT2D eigenvalue weighted by Crippen LogP contribution is -2.35. The standard InChI is InChI=1S/C22H27N5O6/c1-22(2,3)33-21(30)25-15-8-6-5-7-9-17(28)24-16-12-13(23-20(29)31-4)10-11-14(16)18-26-27-19(15)32-18/h5-6,10-12,15H,7-9H2,1-4H3,(H,23,29)(H,24,28)(H,25,30)/b6-5+/t15-/m0/s1. The number of alkyl carbamates (subject to hydrolysis) is 1. The smallest absolute Gasteiger partial charge is 0.411 e. The number of fused-ring (bicyclic) bond motifs is 4. The van der Waals surface area contributed by atoms with Crippen molar-refractivity contribution in [2.45, 2.75) is 51.7 Å². The number of benzene rings is 1. The molecule has 3 N–H and O–H groups in total. The topological polar surface area (TPSA) is 145 Å². The number of amides is 3. The van der Waals surface area contributed by atoms with Crippen LogP contribution in [-0.4, -0.2) is 41.0 Å². The molecule has 1 aliphatic rings. The van der Waals surface area contributed by atoms with E-state index in [2.05, 4.69) is 30.9 Å². The van der Waals surface area contributed by atoms with Crippen LogP contribution in [0.1, 0.15) is 52.0 Å². The zero-order chi connectivity index (χ0) is 24.0. The third-order valence-electron chi connectivity index (χ3n) is 4.46. The van der Waals surface area contributed by atoms with Gasteiger partial charge < -0.3 is 24.5 Å². The molecule has 33 heavy (non-hydrogen) atoms. The molecule has 0 unspecified atom stereocenters. The van der Waals surface area contributed by atoms with Crippen molar-refractivity contribution in [2.24, 2.45) is 0 Å². The third-order valence-corrected chi connectivity index (χ3v) is 4.46. The fraction of sp³-hybridized carbons (Fsp3) is 0.409. The zero-order valence-electron chi connectivity index (χ0n) is 18.9. The van der Waals surface area contributed by atoms with Gasteiger partial charge in [-0.05, 0) is 51.8 Å². The fourth-order valence-corrected chi connectivity index (χ4v) is 3.01. The zero-order valence-corrected chi connectivity index (χ0v) is 18.9. The number of aromatic nitrogens is 2. The Morgan fingerprint density at radius 3 is 2.70 bits per heavy atom. The average molecular weight is 457 g/mol. The minimum absolute atomic E-state index is 0.143. The number of nitrogens with zero attached hydrogens (tertiary/aromatic N) is 2. The summed E-state index contributed by atoms with van der Waals surface area (Å²) < 4.78 is 15.8. The molecular formula is C22H27N5O6. The van der Waals surface area contributed by atoms with Crippen LogP contribution in [-0.2, 0) is 14.3 Å². The second-order valence-electron chi connectivity index (χ2n) is 8.32. The molecule has 1 aromatic carbocycles. The van der Waals surface area contributed by atoms with Gasteiger partial charge in [0.1, 0.15) is 11.6 Å². The molecule has 0 saturated heterocycles. The number of rotatable bonds is 2. The predicted octanol–water partition coefficient (Wildman–Crippen LogP) is 4.16. The number of hydrogen-bond donors (Lipinski definition) is 3. The van der Waals surface area contributed by atoms with Crippen LogP contribution in [0.15, 0.2) is 34.8 Å². The fourth-order valence-electron chi connectivity index (χ4n) is 3.01. The van der Waals surface area contributed by atoms with Gasteiger partial charge in [0.25, 0.3) is 0 Å². The van der Waals surface area contributed by atoms with Gasteiger partial charge in [-0.3, -0.25) is 10.1 Å².